The topological polar surface area (TPSA) is 100 Å². The third-order valence-corrected chi connectivity index (χ3v) is 25.9. The van der Waals surface area contributed by atoms with Gasteiger partial charge in [0, 0.05) is 17.4 Å². The number of hydrogen-bond acceptors (Lipinski definition) is 4. The van der Waals surface area contributed by atoms with Crippen LogP contribution in [0.4, 0.5) is 0 Å². The van der Waals surface area contributed by atoms with Gasteiger partial charge in [-0.15, -0.1) is 0 Å². The van der Waals surface area contributed by atoms with Crippen LogP contribution in [0.3, 0.4) is 0 Å². The lowest BCUT2D eigenvalue weighted by Gasteiger charge is -2.71. The Kier molecular flexibility index (Phi) is 11.6. The molecule has 8 saturated carbocycles. The number of aliphatic hydroxyl groups excluding tert-OH is 1. The van der Waals surface area contributed by atoms with Crippen molar-refractivity contribution in [3.05, 3.63) is 70.7 Å². The van der Waals surface area contributed by atoms with Crippen LogP contribution in [0.25, 0.3) is 9.69 Å². The zero-order valence-electron chi connectivity index (χ0n) is 44.9. The van der Waals surface area contributed by atoms with E-state index in [9.17, 15) is 24.6 Å². The van der Waals surface area contributed by atoms with Gasteiger partial charge in [-0.25, -0.2) is 9.69 Å². The summed E-state index contributed by atoms with van der Waals surface area (Å²) in [7, 11) is 0. The fourth-order valence-electron chi connectivity index (χ4n) is 22.2. The molecule has 10 rings (SSSR count). The van der Waals surface area contributed by atoms with Gasteiger partial charge in [0.25, 0.3) is 0 Å². The summed E-state index contributed by atoms with van der Waals surface area (Å²) in [6.45, 7) is 52.0. The highest BCUT2D eigenvalue weighted by Crippen LogP contribution is 2.79. The number of carboxylic acids is 1. The predicted octanol–water partition coefficient (Wildman–Crippen LogP) is 14.5. The quantitative estimate of drug-likeness (QED) is 0.216. The fourth-order valence-corrected chi connectivity index (χ4v) is 22.2. The van der Waals surface area contributed by atoms with Crippen molar-refractivity contribution >= 4 is 17.5 Å². The number of rotatable bonds is 4. The molecule has 0 spiro atoms. The summed E-state index contributed by atoms with van der Waals surface area (Å²) in [5.74, 6) is 3.40. The van der Waals surface area contributed by atoms with Gasteiger partial charge in [-0.1, -0.05) is 106 Å². The van der Waals surface area contributed by atoms with E-state index in [2.05, 4.69) is 118 Å². The maximum atomic E-state index is 13.2. The summed E-state index contributed by atoms with van der Waals surface area (Å²) < 4.78 is 0. The van der Waals surface area contributed by atoms with Crippen molar-refractivity contribution in [1.82, 2.24) is 0 Å². The van der Waals surface area contributed by atoms with Gasteiger partial charge in [-0.05, 0) is 214 Å². The molecule has 376 valence electrons. The van der Waals surface area contributed by atoms with Crippen LogP contribution in [0.5, 0.6) is 0 Å². The predicted molar refractivity (Wildman–Crippen MR) is 274 cm³/mol. The van der Waals surface area contributed by atoms with Crippen molar-refractivity contribution in [2.75, 3.05) is 6.61 Å². The summed E-state index contributed by atoms with van der Waals surface area (Å²) in [6, 6.07) is 0. The minimum atomic E-state index is -0.603. The van der Waals surface area contributed by atoms with Crippen molar-refractivity contribution in [1.29, 1.82) is 0 Å². The third-order valence-electron chi connectivity index (χ3n) is 25.9. The molecule has 2 N–H and O–H groups in total. The molecule has 0 saturated heterocycles. The van der Waals surface area contributed by atoms with E-state index in [1.165, 1.54) is 31.3 Å². The number of allylic oxidation sites excluding steroid dienone is 6. The molecule has 0 bridgehead atoms. The average molecular weight is 941 g/mol. The number of carbonyl (C=O) groups is 3. The van der Waals surface area contributed by atoms with Gasteiger partial charge in [-0.2, -0.15) is 0 Å². The Hall–Kier alpha value is -3.29. The van der Waals surface area contributed by atoms with Crippen LogP contribution in [0.1, 0.15) is 186 Å². The molecule has 0 unspecified atom stereocenters. The minimum absolute atomic E-state index is 0.0117. The van der Waals surface area contributed by atoms with Crippen molar-refractivity contribution < 1.29 is 24.6 Å². The number of fused-ring (bicyclic) bond motifs is 14. The minimum Gasteiger partial charge on any atom is -0.481 e. The van der Waals surface area contributed by atoms with E-state index < -0.39 is 22.2 Å². The second-order valence-corrected chi connectivity index (χ2v) is 28.5. The van der Waals surface area contributed by atoms with Crippen LogP contribution < -0.4 is 0 Å². The highest BCUT2D eigenvalue weighted by atomic mass is 16.4. The Morgan fingerprint density at radius 1 is 0.565 bits per heavy atom. The highest BCUT2D eigenvalue weighted by molar-refractivity contribution is 6.03. The SMILES string of the molecule is [C-]#[N+]C1=C[C@]2(C)[C@H]3CC[C@@H]4[C@H]5[C@H](C(=C)C)CC[C@]5(C(=O)O)CC[C@@]4(C)[C@]3(C)CC[C@H]2C(C)(C)C1=O.[C-]#[N+]C1=C[C@]2(C)[C@H]3CC[C@@H]4[C@H]5[C@H](C(=C)C)CC[C@]5(CO)CC[C@@]4(C)[C@]3(C)CC[C@H]2C(C)(C)C1=O. The number of Topliss-reactive ketones (excluding diaryl/α,β-unsaturated/α-hetero) is 2. The number of ketones is 2. The Bertz CT molecular complexity index is 2410. The molecule has 7 nitrogen and oxygen atoms in total. The summed E-state index contributed by atoms with van der Waals surface area (Å²) in [5, 5.41) is 21.2. The lowest BCUT2D eigenvalue weighted by atomic mass is 9.33. The smallest absolute Gasteiger partial charge is 0.309 e. The molecule has 10 aliphatic rings. The van der Waals surface area contributed by atoms with Crippen molar-refractivity contribution in [3.63, 3.8) is 0 Å². The molecular weight excluding hydrogens is 853 g/mol. The number of nitrogens with zero attached hydrogens (tertiary/aromatic N) is 2. The molecule has 0 radical (unpaired) electrons. The second kappa shape index (κ2) is 15.9. The number of aliphatic hydroxyl groups is 1. The molecule has 0 aromatic heterocycles. The lowest BCUT2D eigenvalue weighted by molar-refractivity contribution is -0.221. The van der Waals surface area contributed by atoms with E-state index in [-0.39, 0.29) is 61.3 Å². The largest absolute Gasteiger partial charge is 0.481 e. The monoisotopic (exact) mass is 941 g/mol. The van der Waals surface area contributed by atoms with Gasteiger partial charge in [0.2, 0.25) is 11.4 Å². The van der Waals surface area contributed by atoms with Crippen molar-refractivity contribution in [2.24, 2.45) is 113 Å². The van der Waals surface area contributed by atoms with Gasteiger partial charge in [0.05, 0.1) is 18.6 Å². The molecule has 7 heteroatoms. The van der Waals surface area contributed by atoms with Gasteiger partial charge >= 0.3 is 5.97 Å². The number of hydrogen-bond donors (Lipinski definition) is 2. The zero-order valence-corrected chi connectivity index (χ0v) is 44.9. The van der Waals surface area contributed by atoms with Crippen LogP contribution in [0.15, 0.2) is 47.9 Å². The van der Waals surface area contributed by atoms with E-state index in [0.29, 0.717) is 65.3 Å². The molecule has 69 heavy (non-hydrogen) atoms. The van der Waals surface area contributed by atoms with E-state index >= 15 is 0 Å². The lowest BCUT2D eigenvalue weighted by Crippen LogP contribution is -2.66. The molecule has 0 heterocycles. The Labute approximate surface area is 416 Å². The van der Waals surface area contributed by atoms with E-state index in [0.717, 1.165) is 82.6 Å². The van der Waals surface area contributed by atoms with Gasteiger partial charge in [0.15, 0.2) is 11.6 Å². The standard InChI is InChI=1S/C31H43NO3.C31H45NO2/c1-18(2)19-11-14-31(26(34)35)16-15-29(6)20(24(19)31)9-10-23-28(5)17-21(32-8)25(33)27(3,4)22(28)12-13-30(23,29)7;1-19(2)20-11-14-31(18-33)16-15-29(6)21(25(20)31)9-10-24-28(5)17-22(32-8)26(34)27(3,4)23(28)12-13-30(24,29)7/h17,19-20,22-24H,1,9-16H2,2-7H3,(H,34,35);17,20-21,23-25,33H,1,9-16,18H2,2-7H3/t19-,20+,22-,23+,24+,28-,29+,30+,31-;20-,21+,23-,24+,25+,28-,29+,30+,31+/m00/s1. The molecule has 0 aromatic rings. The van der Waals surface area contributed by atoms with Gasteiger partial charge in [-0.3, -0.25) is 4.79 Å². The molecule has 10 aliphatic carbocycles. The van der Waals surface area contributed by atoms with E-state index in [4.69, 9.17) is 13.1 Å². The first kappa shape index (κ1) is 50.6. The molecular formula is C62H88N2O5. The van der Waals surface area contributed by atoms with Crippen LogP contribution in [-0.4, -0.2) is 34.4 Å². The van der Waals surface area contributed by atoms with Crippen LogP contribution in [-0.2, 0) is 14.4 Å². The Morgan fingerprint density at radius 3 is 1.41 bits per heavy atom. The van der Waals surface area contributed by atoms with Crippen molar-refractivity contribution in [3.8, 4) is 0 Å². The van der Waals surface area contributed by atoms with Crippen LogP contribution in [0, 0.1) is 126 Å². The molecule has 0 aromatic carbocycles. The number of aliphatic carboxylic acids is 1. The normalized spacial score (nSPS) is 50.7. The first-order valence-corrected chi connectivity index (χ1v) is 27.5. The van der Waals surface area contributed by atoms with E-state index in [1.54, 1.807) is 0 Å². The highest BCUT2D eigenvalue weighted by Gasteiger charge is 2.73. The maximum absolute atomic E-state index is 13.2. The number of carboxylic acid groups (broad SMARTS) is 1. The first-order valence-electron chi connectivity index (χ1n) is 27.5. The molecule has 0 aliphatic heterocycles. The summed E-state index contributed by atoms with van der Waals surface area (Å²) >= 11 is 0. The van der Waals surface area contributed by atoms with Gasteiger partial charge in [0.1, 0.15) is 0 Å². The summed E-state index contributed by atoms with van der Waals surface area (Å²) in [5.41, 5.74) is 1.82. The molecule has 0 amide bonds. The van der Waals surface area contributed by atoms with Crippen LogP contribution in [0.2, 0.25) is 0 Å². The number of carbonyl (C=O) groups excluding carboxylic acids is 2. The molecule has 8 fully saturated rings. The Morgan fingerprint density at radius 2 is 0.986 bits per heavy atom. The van der Waals surface area contributed by atoms with Crippen LogP contribution >= 0.6 is 0 Å². The average Bonchev–Trinajstić information content (AvgIpc) is 3.88. The van der Waals surface area contributed by atoms with Gasteiger partial charge < -0.3 is 19.8 Å². The summed E-state index contributed by atoms with van der Waals surface area (Å²) in [4.78, 5) is 46.6. The first-order chi connectivity index (χ1) is 32.0. The second-order valence-electron chi connectivity index (χ2n) is 28.5. The maximum Gasteiger partial charge on any atom is 0.309 e. The fraction of sp³-hybridized carbons (Fsp3) is 0.790. The molecule has 18 atom stereocenters. The Balaban J connectivity index is 0.000000172. The van der Waals surface area contributed by atoms with E-state index in [1.807, 2.05) is 0 Å². The third kappa shape index (κ3) is 6.25. The van der Waals surface area contributed by atoms with Crippen molar-refractivity contribution in [2.45, 2.75) is 186 Å². The summed E-state index contributed by atoms with van der Waals surface area (Å²) in [6.07, 6.45) is 21.0. The zero-order chi connectivity index (χ0) is 50.7.